The fraction of sp³-hybridized carbons (Fsp3) is 0.345. The molecule has 0 saturated carbocycles. The van der Waals surface area contributed by atoms with Crippen LogP contribution in [0.2, 0.25) is 0 Å². The minimum absolute atomic E-state index is 0.0288. The lowest BCUT2D eigenvalue weighted by molar-refractivity contribution is -0.119. The number of aliphatic imine (C=N–C) groups is 3. The van der Waals surface area contributed by atoms with Gasteiger partial charge in [0.05, 0.1) is 5.57 Å². The molecule has 0 bridgehead atoms. The van der Waals surface area contributed by atoms with Gasteiger partial charge in [-0.1, -0.05) is 93.3 Å². The maximum atomic E-state index is 12.9. The highest BCUT2D eigenvalue weighted by Gasteiger charge is 2.30. The molecule has 2 amide bonds. The predicted molar refractivity (Wildman–Crippen MR) is 144 cm³/mol. The Labute approximate surface area is 212 Å². The van der Waals surface area contributed by atoms with E-state index in [0.717, 1.165) is 44.3 Å². The first kappa shape index (κ1) is 25.4. The van der Waals surface area contributed by atoms with Crippen LogP contribution < -0.4 is 5.32 Å². The van der Waals surface area contributed by atoms with E-state index in [2.05, 4.69) is 56.4 Å². The van der Waals surface area contributed by atoms with Gasteiger partial charge in [-0.05, 0) is 17.5 Å². The number of carbonyl (C=O) groups is 2. The lowest BCUT2D eigenvalue weighted by atomic mass is 10.1. The Kier molecular flexibility index (Phi) is 9.05. The summed E-state index contributed by atoms with van der Waals surface area (Å²) in [5.74, 6) is -0.234. The quantitative estimate of drug-likeness (QED) is 0.438. The molecular weight excluding hydrogens is 450 g/mol. The second-order valence-corrected chi connectivity index (χ2v) is 9.16. The van der Waals surface area contributed by atoms with Crippen LogP contribution in [-0.2, 0) is 22.7 Å². The summed E-state index contributed by atoms with van der Waals surface area (Å²) < 4.78 is 0. The van der Waals surface area contributed by atoms with Crippen molar-refractivity contribution in [1.82, 2.24) is 10.2 Å². The van der Waals surface area contributed by atoms with E-state index < -0.39 is 5.91 Å². The number of hydrogen-bond donors (Lipinski definition) is 1. The summed E-state index contributed by atoms with van der Waals surface area (Å²) in [5, 5.41) is 2.67. The van der Waals surface area contributed by atoms with Crippen molar-refractivity contribution in [2.75, 3.05) is 6.54 Å². The van der Waals surface area contributed by atoms with Gasteiger partial charge in [0.2, 0.25) is 11.9 Å². The fourth-order valence-corrected chi connectivity index (χ4v) is 4.35. The standard InChI is InChI=1S/C29H33N5O2/c1-2-3-4-5-12-17-25(35)31-29-32-27-26(28(36)33-29)24(18-30-27)21-34(19-22-13-8-6-9-14-22)20-23-15-10-7-11-16-23/h6-11,13-16,18H,2-5,12,17,19-21H2,1H3,(H,31,33,35,36). The van der Waals surface area contributed by atoms with Crippen LogP contribution in [0.15, 0.2) is 86.8 Å². The molecule has 0 spiro atoms. The summed E-state index contributed by atoms with van der Waals surface area (Å²) in [5.41, 5.74) is 3.58. The van der Waals surface area contributed by atoms with Gasteiger partial charge >= 0.3 is 0 Å². The zero-order chi connectivity index (χ0) is 25.2. The molecule has 0 aromatic heterocycles. The smallest absolute Gasteiger partial charge is 0.284 e. The molecule has 2 heterocycles. The Morgan fingerprint density at radius 1 is 0.833 bits per heavy atom. The second-order valence-electron chi connectivity index (χ2n) is 9.16. The number of nitrogens with zero attached hydrogens (tertiary/aromatic N) is 4. The molecule has 2 aliphatic rings. The Morgan fingerprint density at radius 2 is 1.47 bits per heavy atom. The van der Waals surface area contributed by atoms with Gasteiger partial charge in [-0.3, -0.25) is 19.8 Å². The lowest BCUT2D eigenvalue weighted by Crippen LogP contribution is -2.33. The van der Waals surface area contributed by atoms with Crippen LogP contribution in [0.5, 0.6) is 0 Å². The van der Waals surface area contributed by atoms with E-state index in [9.17, 15) is 9.59 Å². The van der Waals surface area contributed by atoms with Crippen molar-refractivity contribution in [3.8, 4) is 0 Å². The summed E-state index contributed by atoms with van der Waals surface area (Å²) in [6, 6.07) is 20.5. The van der Waals surface area contributed by atoms with Crippen LogP contribution in [0.1, 0.15) is 56.6 Å². The number of amides is 2. The second kappa shape index (κ2) is 12.8. The zero-order valence-electron chi connectivity index (χ0n) is 20.8. The van der Waals surface area contributed by atoms with Crippen molar-refractivity contribution in [3.63, 3.8) is 0 Å². The molecule has 1 N–H and O–H groups in total. The van der Waals surface area contributed by atoms with E-state index in [-0.39, 0.29) is 11.9 Å². The summed E-state index contributed by atoms with van der Waals surface area (Å²) in [7, 11) is 0. The molecule has 0 aliphatic carbocycles. The summed E-state index contributed by atoms with van der Waals surface area (Å²) in [6.07, 6.45) is 7.40. The number of unbranched alkanes of at least 4 members (excludes halogenated alkanes) is 4. The predicted octanol–water partition coefficient (Wildman–Crippen LogP) is 4.84. The van der Waals surface area contributed by atoms with E-state index in [4.69, 9.17) is 0 Å². The minimum atomic E-state index is -0.412. The molecule has 186 valence electrons. The third-order valence-corrected chi connectivity index (χ3v) is 6.17. The molecule has 4 rings (SSSR count). The van der Waals surface area contributed by atoms with Gasteiger partial charge in [0.15, 0.2) is 5.84 Å². The van der Waals surface area contributed by atoms with Crippen molar-refractivity contribution >= 4 is 29.8 Å². The number of nitrogens with one attached hydrogen (secondary N) is 1. The van der Waals surface area contributed by atoms with Crippen LogP contribution in [0.3, 0.4) is 0 Å². The third kappa shape index (κ3) is 7.15. The highest BCUT2D eigenvalue weighted by molar-refractivity contribution is 6.34. The lowest BCUT2D eigenvalue weighted by Gasteiger charge is -2.23. The molecule has 2 aliphatic heterocycles. The first-order valence-electron chi connectivity index (χ1n) is 12.7. The number of guanidine groups is 1. The van der Waals surface area contributed by atoms with Crippen molar-refractivity contribution in [3.05, 3.63) is 82.9 Å². The van der Waals surface area contributed by atoms with Crippen LogP contribution in [0.25, 0.3) is 0 Å². The number of amidine groups is 1. The molecule has 0 radical (unpaired) electrons. The van der Waals surface area contributed by atoms with Gasteiger partial charge in [-0.15, -0.1) is 0 Å². The fourth-order valence-electron chi connectivity index (χ4n) is 4.35. The summed E-state index contributed by atoms with van der Waals surface area (Å²) >= 11 is 0. The van der Waals surface area contributed by atoms with Crippen molar-refractivity contribution in [1.29, 1.82) is 0 Å². The average molecular weight is 484 g/mol. The Bertz CT molecular complexity index is 1140. The molecule has 2 aromatic rings. The molecule has 0 fully saturated rings. The van der Waals surface area contributed by atoms with Gasteiger partial charge in [-0.2, -0.15) is 9.98 Å². The topological polar surface area (TPSA) is 86.5 Å². The van der Waals surface area contributed by atoms with Crippen LogP contribution in [0, 0.1) is 0 Å². The minimum Gasteiger partial charge on any atom is -0.294 e. The highest BCUT2D eigenvalue weighted by Crippen LogP contribution is 2.21. The molecule has 36 heavy (non-hydrogen) atoms. The molecule has 7 nitrogen and oxygen atoms in total. The van der Waals surface area contributed by atoms with E-state index in [1.165, 1.54) is 17.5 Å². The zero-order valence-corrected chi connectivity index (χ0v) is 20.8. The first-order valence-corrected chi connectivity index (χ1v) is 12.7. The molecule has 0 atom stereocenters. The Balaban J connectivity index is 1.43. The van der Waals surface area contributed by atoms with E-state index >= 15 is 0 Å². The summed E-state index contributed by atoms with van der Waals surface area (Å²) in [6.45, 7) is 4.14. The van der Waals surface area contributed by atoms with Gasteiger partial charge < -0.3 is 0 Å². The number of hydrogen-bond acceptors (Lipinski definition) is 5. The number of fused-ring (bicyclic) bond motifs is 1. The highest BCUT2D eigenvalue weighted by atomic mass is 16.2. The largest absolute Gasteiger partial charge is 0.294 e. The first-order chi connectivity index (χ1) is 17.6. The Hall–Kier alpha value is -3.71. The number of rotatable bonds is 12. The van der Waals surface area contributed by atoms with Crippen molar-refractivity contribution in [2.45, 2.75) is 58.5 Å². The molecule has 0 unspecified atom stereocenters. The molecule has 7 heteroatoms. The van der Waals surface area contributed by atoms with Crippen molar-refractivity contribution in [2.24, 2.45) is 15.0 Å². The van der Waals surface area contributed by atoms with Gasteiger partial charge in [-0.25, -0.2) is 4.99 Å². The van der Waals surface area contributed by atoms with Gasteiger partial charge in [0, 0.05) is 37.8 Å². The molecule has 2 aromatic carbocycles. The normalized spacial score (nSPS) is 14.7. The van der Waals surface area contributed by atoms with Crippen molar-refractivity contribution < 1.29 is 9.59 Å². The number of benzene rings is 2. The SMILES string of the molecule is CCCCCCCC(=O)NC1=NC(=O)C2=C(CN(Cc3ccccc3)Cc3ccccc3)C=NC2=N1. The van der Waals surface area contributed by atoms with E-state index in [0.29, 0.717) is 24.4 Å². The van der Waals surface area contributed by atoms with E-state index in [1.54, 1.807) is 6.21 Å². The van der Waals surface area contributed by atoms with Gasteiger partial charge in [0.1, 0.15) is 0 Å². The maximum Gasteiger partial charge on any atom is 0.284 e. The maximum absolute atomic E-state index is 12.9. The number of carbonyl (C=O) groups excluding carboxylic acids is 2. The molecular formula is C29H33N5O2. The van der Waals surface area contributed by atoms with Crippen LogP contribution in [0.4, 0.5) is 0 Å². The monoisotopic (exact) mass is 483 g/mol. The van der Waals surface area contributed by atoms with E-state index in [1.807, 2.05) is 36.4 Å². The van der Waals surface area contributed by atoms with Crippen LogP contribution in [-0.4, -0.2) is 41.3 Å². The molecule has 0 saturated heterocycles. The summed E-state index contributed by atoms with van der Waals surface area (Å²) in [4.78, 5) is 40.3. The van der Waals surface area contributed by atoms with Crippen LogP contribution >= 0.6 is 0 Å². The third-order valence-electron chi connectivity index (χ3n) is 6.17. The van der Waals surface area contributed by atoms with Gasteiger partial charge in [0.25, 0.3) is 5.91 Å². The Morgan fingerprint density at radius 3 is 2.11 bits per heavy atom. The average Bonchev–Trinajstić information content (AvgIpc) is 3.28.